The number of benzene rings is 2. The van der Waals surface area contributed by atoms with Crippen molar-refractivity contribution in [2.75, 3.05) is 18.5 Å². The quantitative estimate of drug-likeness (QED) is 0.439. The van der Waals surface area contributed by atoms with Gasteiger partial charge in [-0.1, -0.05) is 29.8 Å². The predicted octanol–water partition coefficient (Wildman–Crippen LogP) is 2.56. The summed E-state index contributed by atoms with van der Waals surface area (Å²) in [6, 6.07) is 12.1. The van der Waals surface area contributed by atoms with Gasteiger partial charge in [0.15, 0.2) is 0 Å². The summed E-state index contributed by atoms with van der Waals surface area (Å²) in [6.45, 7) is 2.93. The van der Waals surface area contributed by atoms with Crippen LogP contribution in [0, 0.1) is 6.92 Å². The summed E-state index contributed by atoms with van der Waals surface area (Å²) in [7, 11) is -3.96. The highest BCUT2D eigenvalue weighted by atomic mass is 32.2. The van der Waals surface area contributed by atoms with E-state index in [1.807, 2.05) is 11.6 Å². The highest BCUT2D eigenvalue weighted by Crippen LogP contribution is 2.14. The maximum Gasteiger partial charge on any atom is 0.333 e. The minimum Gasteiger partial charge on any atom is -0.377 e. The lowest BCUT2D eigenvalue weighted by atomic mass is 10.2. The first-order valence-corrected chi connectivity index (χ1v) is 11.6. The van der Waals surface area contributed by atoms with Crippen LogP contribution in [-0.2, 0) is 31.0 Å². The Labute approximate surface area is 186 Å². The Kier molecular flexibility index (Phi) is 7.60. The molecule has 2 N–H and O–H groups in total. The molecule has 2 aromatic carbocycles. The van der Waals surface area contributed by atoms with E-state index < -0.39 is 16.1 Å². The van der Waals surface area contributed by atoms with E-state index in [2.05, 4.69) is 5.32 Å². The Balaban J connectivity index is 1.41. The van der Waals surface area contributed by atoms with Crippen LogP contribution >= 0.6 is 0 Å². The number of nitrogens with zero attached hydrogens (tertiary/aromatic N) is 1. The van der Waals surface area contributed by atoms with Crippen molar-refractivity contribution in [2.45, 2.75) is 37.7 Å². The molecule has 2 aromatic rings. The van der Waals surface area contributed by atoms with E-state index in [0.29, 0.717) is 31.9 Å². The van der Waals surface area contributed by atoms with Crippen molar-refractivity contribution in [3.05, 3.63) is 59.7 Å². The van der Waals surface area contributed by atoms with Crippen LogP contribution in [0.1, 0.15) is 30.4 Å². The van der Waals surface area contributed by atoms with E-state index in [1.54, 1.807) is 36.4 Å². The fraction of sp³-hybridized carbons (Fsp3) is 0.318. The zero-order chi connectivity index (χ0) is 23.1. The zero-order valence-corrected chi connectivity index (χ0v) is 18.5. The number of amides is 4. The molecule has 1 aliphatic rings. The van der Waals surface area contributed by atoms with E-state index in [-0.39, 0.29) is 29.6 Å². The van der Waals surface area contributed by atoms with Crippen molar-refractivity contribution in [3.8, 4) is 0 Å². The fourth-order valence-electron chi connectivity index (χ4n) is 3.13. The van der Waals surface area contributed by atoms with Gasteiger partial charge in [0.25, 0.3) is 10.0 Å². The normalized spacial score (nSPS) is 14.0. The first kappa shape index (κ1) is 23.4. The number of sulfonamides is 1. The number of urea groups is 1. The summed E-state index contributed by atoms with van der Waals surface area (Å²) in [5.41, 5.74) is 2.20. The summed E-state index contributed by atoms with van der Waals surface area (Å²) in [6.07, 6.45) is 1.14. The highest BCUT2D eigenvalue weighted by Gasteiger charge is 2.27. The van der Waals surface area contributed by atoms with Gasteiger partial charge in [0.1, 0.15) is 0 Å². The average Bonchev–Trinajstić information content (AvgIpc) is 3.06. The van der Waals surface area contributed by atoms with Crippen molar-refractivity contribution >= 4 is 33.6 Å². The first-order chi connectivity index (χ1) is 15.2. The predicted molar refractivity (Wildman–Crippen MR) is 117 cm³/mol. The number of hydrogen-bond donors (Lipinski definition) is 2. The Morgan fingerprint density at radius 3 is 2.25 bits per heavy atom. The number of likely N-dealkylation sites (tertiary alicyclic amines) is 1. The third-order valence-corrected chi connectivity index (χ3v) is 6.21. The molecule has 1 aliphatic heterocycles. The molecule has 170 valence electrons. The maximum atomic E-state index is 12.3. The standard InChI is InChI=1S/C22H25N3O6S/c1-16-3-9-19(10-4-16)32(29,30)24-22(28)23-18-7-5-17(6-8-18)15-31-14-2-13-25-20(26)11-12-21(25)27/h3-10H,2,11-15H2,1H3,(H2,23,24,28). The van der Waals surface area contributed by atoms with Crippen molar-refractivity contribution in [2.24, 2.45) is 0 Å². The van der Waals surface area contributed by atoms with Gasteiger partial charge in [-0.15, -0.1) is 0 Å². The van der Waals surface area contributed by atoms with Crippen molar-refractivity contribution in [1.29, 1.82) is 0 Å². The molecule has 0 aliphatic carbocycles. The monoisotopic (exact) mass is 459 g/mol. The van der Waals surface area contributed by atoms with Crippen molar-refractivity contribution in [1.82, 2.24) is 9.62 Å². The summed E-state index contributed by atoms with van der Waals surface area (Å²) in [5, 5.41) is 2.48. The van der Waals surface area contributed by atoms with Crippen LogP contribution in [0.3, 0.4) is 0 Å². The first-order valence-electron chi connectivity index (χ1n) is 10.1. The molecule has 1 heterocycles. The lowest BCUT2D eigenvalue weighted by Gasteiger charge is -2.13. The van der Waals surface area contributed by atoms with Gasteiger partial charge >= 0.3 is 6.03 Å². The molecule has 9 nitrogen and oxygen atoms in total. The molecule has 1 saturated heterocycles. The topological polar surface area (TPSA) is 122 Å². The Morgan fingerprint density at radius 2 is 1.62 bits per heavy atom. The average molecular weight is 460 g/mol. The highest BCUT2D eigenvalue weighted by molar-refractivity contribution is 7.90. The third-order valence-electron chi connectivity index (χ3n) is 4.86. The molecule has 0 spiro atoms. The largest absolute Gasteiger partial charge is 0.377 e. The van der Waals surface area contributed by atoms with Gasteiger partial charge in [0.05, 0.1) is 11.5 Å². The van der Waals surface area contributed by atoms with Crippen LogP contribution in [0.15, 0.2) is 53.4 Å². The smallest absolute Gasteiger partial charge is 0.333 e. The molecule has 3 rings (SSSR count). The summed E-state index contributed by atoms with van der Waals surface area (Å²) in [5.74, 6) is -0.261. The molecule has 0 bridgehead atoms. The molecule has 0 atom stereocenters. The molecule has 4 amide bonds. The van der Waals surface area contributed by atoms with Crippen LogP contribution in [0.2, 0.25) is 0 Å². The van der Waals surface area contributed by atoms with E-state index in [1.165, 1.54) is 17.0 Å². The Bertz CT molecular complexity index is 1070. The van der Waals surface area contributed by atoms with Crippen LogP contribution in [0.25, 0.3) is 0 Å². The number of aryl methyl sites for hydroxylation is 1. The second-order valence-corrected chi connectivity index (χ2v) is 9.10. The lowest BCUT2D eigenvalue weighted by molar-refractivity contribution is -0.138. The van der Waals surface area contributed by atoms with Gasteiger partial charge in [-0.05, 0) is 43.2 Å². The van der Waals surface area contributed by atoms with Crippen LogP contribution in [0.4, 0.5) is 10.5 Å². The second-order valence-electron chi connectivity index (χ2n) is 7.41. The molecule has 32 heavy (non-hydrogen) atoms. The van der Waals surface area contributed by atoms with Gasteiger partial charge < -0.3 is 10.1 Å². The zero-order valence-electron chi connectivity index (χ0n) is 17.7. The van der Waals surface area contributed by atoms with Crippen molar-refractivity contribution < 1.29 is 27.5 Å². The molecular weight excluding hydrogens is 434 g/mol. The molecule has 0 radical (unpaired) electrons. The van der Waals surface area contributed by atoms with Crippen molar-refractivity contribution in [3.63, 3.8) is 0 Å². The van der Waals surface area contributed by atoms with Gasteiger partial charge in [-0.2, -0.15) is 0 Å². The van der Waals surface area contributed by atoms with E-state index >= 15 is 0 Å². The number of rotatable bonds is 9. The van der Waals surface area contributed by atoms with Gasteiger partial charge in [-0.25, -0.2) is 17.9 Å². The van der Waals surface area contributed by atoms with E-state index in [0.717, 1.165) is 11.1 Å². The van der Waals surface area contributed by atoms with Crippen LogP contribution in [0.5, 0.6) is 0 Å². The fourth-order valence-corrected chi connectivity index (χ4v) is 4.03. The summed E-state index contributed by atoms with van der Waals surface area (Å²) < 4.78 is 32.1. The van der Waals surface area contributed by atoms with Crippen LogP contribution in [-0.4, -0.2) is 44.3 Å². The molecule has 0 unspecified atom stereocenters. The minimum atomic E-state index is -3.96. The Hall–Kier alpha value is -3.24. The maximum absolute atomic E-state index is 12.3. The summed E-state index contributed by atoms with van der Waals surface area (Å²) >= 11 is 0. The van der Waals surface area contributed by atoms with Crippen LogP contribution < -0.4 is 10.0 Å². The number of nitrogens with one attached hydrogen (secondary N) is 2. The number of anilines is 1. The van der Waals surface area contributed by atoms with Gasteiger partial charge in [0.2, 0.25) is 11.8 Å². The van der Waals surface area contributed by atoms with E-state index in [4.69, 9.17) is 4.74 Å². The van der Waals surface area contributed by atoms with Gasteiger partial charge in [-0.3, -0.25) is 14.5 Å². The SMILES string of the molecule is Cc1ccc(S(=O)(=O)NC(=O)Nc2ccc(COCCCN3C(=O)CCC3=O)cc2)cc1. The number of hydrogen-bond acceptors (Lipinski definition) is 6. The lowest BCUT2D eigenvalue weighted by Crippen LogP contribution is -2.34. The molecular formula is C22H25N3O6S. The molecule has 10 heteroatoms. The molecule has 1 fully saturated rings. The second kappa shape index (κ2) is 10.4. The number of ether oxygens (including phenoxy) is 1. The third kappa shape index (κ3) is 6.38. The summed E-state index contributed by atoms with van der Waals surface area (Å²) in [4.78, 5) is 36.4. The number of imide groups is 1. The molecule has 0 aromatic heterocycles. The Morgan fingerprint density at radius 1 is 1.00 bits per heavy atom. The minimum absolute atomic E-state index is 0.00390. The number of carbonyl (C=O) groups is 3. The molecule has 0 saturated carbocycles. The van der Waals surface area contributed by atoms with E-state index in [9.17, 15) is 22.8 Å². The number of carbonyl (C=O) groups excluding carboxylic acids is 3. The van der Waals surface area contributed by atoms with Gasteiger partial charge in [0, 0.05) is 31.7 Å².